The second-order valence-corrected chi connectivity index (χ2v) is 8.01. The van der Waals surface area contributed by atoms with Crippen molar-refractivity contribution in [3.8, 4) is 11.5 Å². The molecule has 0 bridgehead atoms. The normalized spacial score (nSPS) is 25.7. The number of fused-ring (bicyclic) bond motifs is 1. The van der Waals surface area contributed by atoms with Crippen molar-refractivity contribution in [3.63, 3.8) is 0 Å². The van der Waals surface area contributed by atoms with Crippen LogP contribution in [0.25, 0.3) is 0 Å². The van der Waals surface area contributed by atoms with E-state index in [0.29, 0.717) is 43.2 Å². The number of piperidine rings is 1. The number of amides is 1. The number of ether oxygens (including phenoxy) is 3. The summed E-state index contributed by atoms with van der Waals surface area (Å²) in [6.45, 7) is 3.02. The van der Waals surface area contributed by atoms with Crippen molar-refractivity contribution in [2.24, 2.45) is 5.41 Å². The third kappa shape index (κ3) is 3.39. The van der Waals surface area contributed by atoms with Crippen molar-refractivity contribution in [2.75, 3.05) is 47.1 Å². The van der Waals surface area contributed by atoms with E-state index >= 15 is 0 Å². The summed E-state index contributed by atoms with van der Waals surface area (Å²) in [5.74, 6) is 1.31. The van der Waals surface area contributed by atoms with Gasteiger partial charge in [0.05, 0.1) is 18.8 Å². The molecule has 1 N–H and O–H groups in total. The average molecular weight is 376 g/mol. The number of nitrogens with zero attached hydrogens (tertiary/aromatic N) is 2. The summed E-state index contributed by atoms with van der Waals surface area (Å²) in [6.07, 6.45) is 2.01. The average Bonchev–Trinajstić information content (AvgIpc) is 3.14. The molecular weight excluding hydrogens is 348 g/mol. The molecule has 1 aromatic rings. The van der Waals surface area contributed by atoms with Crippen LogP contribution in [0.4, 0.5) is 0 Å². The summed E-state index contributed by atoms with van der Waals surface area (Å²) in [5.41, 5.74) is 0.418. The van der Waals surface area contributed by atoms with Crippen LogP contribution in [0.15, 0.2) is 18.2 Å². The Labute approximate surface area is 159 Å². The quantitative estimate of drug-likeness (QED) is 0.837. The molecule has 1 aliphatic carbocycles. The molecule has 2 aliphatic heterocycles. The second kappa shape index (κ2) is 7.30. The number of hydrogen-bond acceptors (Lipinski definition) is 6. The topological polar surface area (TPSA) is 71.5 Å². The summed E-state index contributed by atoms with van der Waals surface area (Å²) in [4.78, 5) is 16.8. The van der Waals surface area contributed by atoms with Gasteiger partial charge in [0.1, 0.15) is 0 Å². The third-order valence-electron chi connectivity index (χ3n) is 6.20. The van der Waals surface area contributed by atoms with Crippen LogP contribution in [-0.2, 0) is 4.74 Å². The third-order valence-corrected chi connectivity index (χ3v) is 6.20. The first kappa shape index (κ1) is 18.5. The van der Waals surface area contributed by atoms with Gasteiger partial charge in [-0.3, -0.25) is 4.79 Å². The van der Waals surface area contributed by atoms with Gasteiger partial charge >= 0.3 is 0 Å². The molecule has 3 aliphatic rings. The van der Waals surface area contributed by atoms with E-state index in [0.717, 1.165) is 19.4 Å². The maximum Gasteiger partial charge on any atom is 0.253 e. The lowest BCUT2D eigenvalue weighted by Gasteiger charge is -2.56. The highest BCUT2D eigenvalue weighted by Gasteiger charge is 2.56. The molecule has 2 atom stereocenters. The number of benzene rings is 1. The molecule has 2 heterocycles. The number of carbonyl (C=O) groups excluding carboxylic acids is 1. The number of likely N-dealkylation sites (tertiary alicyclic amines) is 1. The minimum absolute atomic E-state index is 0.00189. The number of rotatable bonds is 5. The molecule has 7 heteroatoms. The van der Waals surface area contributed by atoms with Crippen LogP contribution in [0.3, 0.4) is 0 Å². The van der Waals surface area contributed by atoms with E-state index in [1.807, 2.05) is 19.0 Å². The highest BCUT2D eigenvalue weighted by Crippen LogP contribution is 2.51. The van der Waals surface area contributed by atoms with E-state index in [4.69, 9.17) is 14.2 Å². The van der Waals surface area contributed by atoms with E-state index in [-0.39, 0.29) is 30.3 Å². The van der Waals surface area contributed by atoms with Crippen molar-refractivity contribution < 1.29 is 24.1 Å². The number of hydrogen-bond donors (Lipinski definition) is 1. The van der Waals surface area contributed by atoms with E-state index < -0.39 is 0 Å². The molecule has 27 heavy (non-hydrogen) atoms. The summed E-state index contributed by atoms with van der Waals surface area (Å²) in [5, 5.41) is 10.4. The molecule has 0 radical (unpaired) electrons. The van der Waals surface area contributed by atoms with Gasteiger partial charge in [0, 0.05) is 37.0 Å². The molecule has 2 fully saturated rings. The predicted octanol–water partition coefficient (Wildman–Crippen LogP) is 1.35. The first-order valence-corrected chi connectivity index (χ1v) is 9.63. The summed E-state index contributed by atoms with van der Waals surface area (Å²) in [6, 6.07) is 5.32. The largest absolute Gasteiger partial charge is 0.454 e. The minimum atomic E-state index is -0.329. The fraction of sp³-hybridized carbons (Fsp3) is 0.650. The van der Waals surface area contributed by atoms with Crippen molar-refractivity contribution >= 4 is 5.91 Å². The van der Waals surface area contributed by atoms with E-state index in [1.54, 1.807) is 18.2 Å². The Bertz CT molecular complexity index is 700. The van der Waals surface area contributed by atoms with Crippen molar-refractivity contribution in [3.05, 3.63) is 23.8 Å². The molecule has 1 saturated heterocycles. The van der Waals surface area contributed by atoms with Gasteiger partial charge in [-0.15, -0.1) is 0 Å². The van der Waals surface area contributed by atoms with Crippen LogP contribution < -0.4 is 9.47 Å². The Morgan fingerprint density at radius 3 is 2.74 bits per heavy atom. The molecule has 1 aromatic carbocycles. The number of carbonyl (C=O) groups is 1. The van der Waals surface area contributed by atoms with Crippen LogP contribution in [0.2, 0.25) is 0 Å². The van der Waals surface area contributed by atoms with Crippen LogP contribution in [0, 0.1) is 5.41 Å². The monoisotopic (exact) mass is 376 g/mol. The van der Waals surface area contributed by atoms with Crippen LogP contribution in [-0.4, -0.2) is 80.2 Å². The molecule has 148 valence electrons. The van der Waals surface area contributed by atoms with Gasteiger partial charge in [-0.1, -0.05) is 0 Å². The molecule has 1 saturated carbocycles. The zero-order valence-corrected chi connectivity index (χ0v) is 16.0. The molecule has 4 rings (SSSR count). The van der Waals surface area contributed by atoms with Crippen molar-refractivity contribution in [1.82, 2.24) is 9.80 Å². The maximum atomic E-state index is 12.9. The molecule has 0 unspecified atom stereocenters. The Morgan fingerprint density at radius 1 is 1.30 bits per heavy atom. The summed E-state index contributed by atoms with van der Waals surface area (Å²) in [7, 11) is 4.05. The Kier molecular flexibility index (Phi) is 5.01. The number of likely N-dealkylation sites (N-methyl/N-ethyl adjacent to an activating group) is 1. The molecule has 1 spiro atoms. The molecule has 0 aromatic heterocycles. The Morgan fingerprint density at radius 2 is 2.04 bits per heavy atom. The molecule has 7 nitrogen and oxygen atoms in total. The number of aliphatic hydroxyl groups is 1. The first-order chi connectivity index (χ1) is 13.0. The highest BCUT2D eigenvalue weighted by atomic mass is 16.7. The van der Waals surface area contributed by atoms with Gasteiger partial charge in [0.2, 0.25) is 6.79 Å². The lowest BCUT2D eigenvalue weighted by Crippen LogP contribution is -2.63. The summed E-state index contributed by atoms with van der Waals surface area (Å²) < 4.78 is 16.7. The zero-order chi connectivity index (χ0) is 19.0. The SMILES string of the molecule is CN(C)CCO[C@@H]1C[C@H](O)C12CCN(C(=O)c1ccc3c(c1)OCO3)CC2. The Balaban J connectivity index is 1.36. The lowest BCUT2D eigenvalue weighted by molar-refractivity contribution is -0.209. The smallest absolute Gasteiger partial charge is 0.253 e. The van der Waals surface area contributed by atoms with E-state index in [2.05, 4.69) is 4.90 Å². The Hall–Kier alpha value is -1.83. The van der Waals surface area contributed by atoms with Crippen LogP contribution in [0.1, 0.15) is 29.6 Å². The summed E-state index contributed by atoms with van der Waals surface area (Å²) >= 11 is 0. The van der Waals surface area contributed by atoms with Gasteiger partial charge in [-0.25, -0.2) is 0 Å². The second-order valence-electron chi connectivity index (χ2n) is 8.01. The molecule has 1 amide bonds. The van der Waals surface area contributed by atoms with Crippen LogP contribution >= 0.6 is 0 Å². The van der Waals surface area contributed by atoms with E-state index in [1.165, 1.54) is 0 Å². The fourth-order valence-electron chi connectivity index (χ4n) is 4.33. The maximum absolute atomic E-state index is 12.9. The standard InChI is InChI=1S/C20H28N2O5/c1-21(2)9-10-25-18-12-17(23)20(18)5-7-22(8-6-20)19(24)14-3-4-15-16(11-14)27-13-26-15/h3-4,11,17-18,23H,5-10,12-13H2,1-2H3/t17-,18+/m0/s1. The van der Waals surface area contributed by atoms with Gasteiger partial charge < -0.3 is 29.1 Å². The highest BCUT2D eigenvalue weighted by molar-refractivity contribution is 5.95. The predicted molar refractivity (Wildman–Crippen MR) is 99.1 cm³/mol. The zero-order valence-electron chi connectivity index (χ0n) is 16.0. The molecular formula is C20H28N2O5. The number of aliphatic hydroxyl groups excluding tert-OH is 1. The van der Waals surface area contributed by atoms with Crippen molar-refractivity contribution in [2.45, 2.75) is 31.5 Å². The van der Waals surface area contributed by atoms with Gasteiger partial charge in [-0.05, 0) is 45.1 Å². The van der Waals surface area contributed by atoms with Crippen molar-refractivity contribution in [1.29, 1.82) is 0 Å². The first-order valence-electron chi connectivity index (χ1n) is 9.63. The fourth-order valence-corrected chi connectivity index (χ4v) is 4.33. The van der Waals surface area contributed by atoms with Crippen LogP contribution in [0.5, 0.6) is 11.5 Å². The van der Waals surface area contributed by atoms with Gasteiger partial charge in [-0.2, -0.15) is 0 Å². The van der Waals surface area contributed by atoms with Gasteiger partial charge in [0.15, 0.2) is 11.5 Å². The lowest BCUT2D eigenvalue weighted by atomic mass is 9.58. The van der Waals surface area contributed by atoms with E-state index in [9.17, 15) is 9.90 Å². The van der Waals surface area contributed by atoms with Gasteiger partial charge in [0.25, 0.3) is 5.91 Å². The minimum Gasteiger partial charge on any atom is -0.454 e.